The monoisotopic (exact) mass is 337 g/mol. The highest BCUT2D eigenvalue weighted by Crippen LogP contribution is 2.14. The van der Waals surface area contributed by atoms with Gasteiger partial charge in [-0.3, -0.25) is 0 Å². The zero-order valence-corrected chi connectivity index (χ0v) is 13.4. The molecule has 0 aliphatic rings. The molecule has 0 saturated heterocycles. The lowest BCUT2D eigenvalue weighted by Crippen LogP contribution is -2.19. The Bertz CT molecular complexity index is 554. The van der Waals surface area contributed by atoms with Gasteiger partial charge in [0.15, 0.2) is 0 Å². The molecular formula is C15H20BrN3O. The zero-order valence-electron chi connectivity index (χ0n) is 11.8. The van der Waals surface area contributed by atoms with Crippen LogP contribution in [0.2, 0.25) is 0 Å². The van der Waals surface area contributed by atoms with Crippen LogP contribution in [0.3, 0.4) is 0 Å². The van der Waals surface area contributed by atoms with E-state index in [0.29, 0.717) is 18.8 Å². The van der Waals surface area contributed by atoms with Crippen molar-refractivity contribution in [3.63, 3.8) is 0 Å². The summed E-state index contributed by atoms with van der Waals surface area (Å²) >= 11 is 3.44. The summed E-state index contributed by atoms with van der Waals surface area (Å²) in [7, 11) is 0. The van der Waals surface area contributed by atoms with E-state index in [0.717, 1.165) is 22.4 Å². The lowest BCUT2D eigenvalue weighted by molar-refractivity contribution is 0.170. The maximum Gasteiger partial charge on any atom is 0.138 e. The number of hydrogen-bond acceptors (Lipinski definition) is 3. The summed E-state index contributed by atoms with van der Waals surface area (Å²) in [5.41, 5.74) is 1.11. The van der Waals surface area contributed by atoms with Gasteiger partial charge >= 0.3 is 0 Å². The van der Waals surface area contributed by atoms with E-state index in [9.17, 15) is 5.11 Å². The molecule has 4 nitrogen and oxygen atoms in total. The average molecular weight is 338 g/mol. The smallest absolute Gasteiger partial charge is 0.138 e. The lowest BCUT2D eigenvalue weighted by atomic mass is 10.1. The molecule has 108 valence electrons. The lowest BCUT2D eigenvalue weighted by Gasteiger charge is -2.12. The van der Waals surface area contributed by atoms with E-state index in [-0.39, 0.29) is 0 Å². The summed E-state index contributed by atoms with van der Waals surface area (Å²) < 4.78 is 2.92. The summed E-state index contributed by atoms with van der Waals surface area (Å²) in [6.07, 6.45) is 2.26. The first kappa shape index (κ1) is 15.2. The Morgan fingerprint density at radius 2 is 2.10 bits per heavy atom. The number of aliphatic hydroxyl groups excluding tert-OH is 1. The normalized spacial score (nSPS) is 12.8. The van der Waals surface area contributed by atoms with Crippen LogP contribution in [0, 0.1) is 5.92 Å². The maximum absolute atomic E-state index is 10.2. The van der Waals surface area contributed by atoms with Crippen LogP contribution in [0.15, 0.2) is 35.1 Å². The third kappa shape index (κ3) is 4.42. The molecule has 0 fully saturated rings. The Labute approximate surface area is 128 Å². The molecule has 20 heavy (non-hydrogen) atoms. The van der Waals surface area contributed by atoms with Gasteiger partial charge in [-0.1, -0.05) is 41.9 Å². The van der Waals surface area contributed by atoms with Gasteiger partial charge in [-0.05, 0) is 30.0 Å². The highest BCUT2D eigenvalue weighted by molar-refractivity contribution is 9.10. The van der Waals surface area contributed by atoms with Gasteiger partial charge in [0.25, 0.3) is 0 Å². The van der Waals surface area contributed by atoms with Gasteiger partial charge in [0.1, 0.15) is 12.2 Å². The maximum atomic E-state index is 10.2. The Balaban J connectivity index is 1.98. The van der Waals surface area contributed by atoms with E-state index in [1.807, 2.05) is 28.9 Å². The molecule has 0 radical (unpaired) electrons. The Hall–Kier alpha value is -1.20. The Kier molecular flexibility index (Phi) is 5.31. The van der Waals surface area contributed by atoms with Gasteiger partial charge < -0.3 is 5.11 Å². The predicted octanol–water partition coefficient (Wildman–Crippen LogP) is 2.84. The van der Waals surface area contributed by atoms with Gasteiger partial charge in [-0.15, -0.1) is 0 Å². The molecule has 0 amide bonds. The van der Waals surface area contributed by atoms with Gasteiger partial charge in [0.2, 0.25) is 0 Å². The summed E-state index contributed by atoms with van der Waals surface area (Å²) in [4.78, 5) is 4.25. The fraction of sp³-hybridized carbons (Fsp3) is 0.467. The molecule has 0 spiro atoms. The van der Waals surface area contributed by atoms with Gasteiger partial charge in [0.05, 0.1) is 6.10 Å². The van der Waals surface area contributed by atoms with E-state index in [1.54, 1.807) is 6.33 Å². The van der Waals surface area contributed by atoms with Crippen LogP contribution in [0.4, 0.5) is 0 Å². The molecule has 5 heteroatoms. The molecule has 0 aliphatic heterocycles. The van der Waals surface area contributed by atoms with Crippen LogP contribution >= 0.6 is 15.9 Å². The van der Waals surface area contributed by atoms with Crippen LogP contribution in [0.25, 0.3) is 0 Å². The van der Waals surface area contributed by atoms with Crippen molar-refractivity contribution in [1.29, 1.82) is 0 Å². The van der Waals surface area contributed by atoms with Crippen LogP contribution in [0.1, 0.15) is 25.2 Å². The van der Waals surface area contributed by atoms with E-state index in [1.165, 1.54) is 0 Å². The molecule has 0 saturated carbocycles. The van der Waals surface area contributed by atoms with Crippen molar-refractivity contribution >= 4 is 15.9 Å². The minimum Gasteiger partial charge on any atom is -0.392 e. The van der Waals surface area contributed by atoms with Crippen LogP contribution in [-0.4, -0.2) is 26.0 Å². The molecule has 1 aromatic heterocycles. The van der Waals surface area contributed by atoms with Gasteiger partial charge in [0, 0.05) is 17.4 Å². The first-order valence-corrected chi connectivity index (χ1v) is 7.63. The minimum absolute atomic E-state index is 0.445. The van der Waals surface area contributed by atoms with Crippen molar-refractivity contribution in [2.45, 2.75) is 39.3 Å². The van der Waals surface area contributed by atoms with E-state index >= 15 is 0 Å². The van der Waals surface area contributed by atoms with E-state index < -0.39 is 6.10 Å². The second kappa shape index (κ2) is 6.99. The average Bonchev–Trinajstić information content (AvgIpc) is 2.75. The van der Waals surface area contributed by atoms with Crippen molar-refractivity contribution in [2.75, 3.05) is 0 Å². The highest BCUT2D eigenvalue weighted by atomic mass is 79.9. The third-order valence-corrected chi connectivity index (χ3v) is 3.51. The van der Waals surface area contributed by atoms with Crippen LogP contribution < -0.4 is 0 Å². The van der Waals surface area contributed by atoms with Crippen LogP contribution in [-0.2, 0) is 19.4 Å². The molecule has 1 N–H and O–H groups in total. The number of rotatable bonds is 6. The first-order chi connectivity index (χ1) is 9.54. The quantitative estimate of drug-likeness (QED) is 0.881. The molecule has 0 bridgehead atoms. The topological polar surface area (TPSA) is 50.9 Å². The van der Waals surface area contributed by atoms with Crippen molar-refractivity contribution in [3.8, 4) is 0 Å². The standard InChI is InChI=1S/C15H20BrN3O/c1-11(2)9-19-15(17-10-18-19)8-14(20)7-12-4-3-5-13(16)6-12/h3-6,10-11,14,20H,7-9H2,1-2H3. The van der Waals surface area contributed by atoms with Crippen molar-refractivity contribution in [1.82, 2.24) is 14.8 Å². The highest BCUT2D eigenvalue weighted by Gasteiger charge is 2.13. The van der Waals surface area contributed by atoms with Gasteiger partial charge in [-0.2, -0.15) is 5.10 Å². The first-order valence-electron chi connectivity index (χ1n) is 6.83. The molecule has 1 aromatic carbocycles. The number of nitrogens with zero attached hydrogens (tertiary/aromatic N) is 3. The molecule has 1 atom stereocenters. The summed E-state index contributed by atoms with van der Waals surface area (Å²) in [5, 5.41) is 14.4. The Morgan fingerprint density at radius 1 is 1.30 bits per heavy atom. The number of halogens is 1. The van der Waals surface area contributed by atoms with Crippen LogP contribution in [0.5, 0.6) is 0 Å². The molecule has 1 unspecified atom stereocenters. The predicted molar refractivity (Wildman–Crippen MR) is 82.4 cm³/mol. The van der Waals surface area contributed by atoms with E-state index in [2.05, 4.69) is 39.9 Å². The largest absolute Gasteiger partial charge is 0.392 e. The molecule has 2 rings (SSSR count). The summed E-state index contributed by atoms with van der Waals surface area (Å²) in [6, 6.07) is 8.01. The molecule has 0 aliphatic carbocycles. The molecular weight excluding hydrogens is 318 g/mol. The van der Waals surface area contributed by atoms with Crippen molar-refractivity contribution in [2.24, 2.45) is 5.92 Å². The molecule has 2 aromatic rings. The Morgan fingerprint density at radius 3 is 2.80 bits per heavy atom. The SMILES string of the molecule is CC(C)Cn1ncnc1CC(O)Cc1cccc(Br)c1. The second-order valence-electron chi connectivity index (χ2n) is 5.44. The zero-order chi connectivity index (χ0) is 14.5. The molecule has 1 heterocycles. The minimum atomic E-state index is -0.445. The van der Waals surface area contributed by atoms with Crippen molar-refractivity contribution < 1.29 is 5.11 Å². The summed E-state index contributed by atoms with van der Waals surface area (Å²) in [5.74, 6) is 1.36. The number of hydrogen-bond donors (Lipinski definition) is 1. The number of aromatic nitrogens is 3. The second-order valence-corrected chi connectivity index (χ2v) is 6.36. The van der Waals surface area contributed by atoms with Gasteiger partial charge in [-0.25, -0.2) is 9.67 Å². The third-order valence-electron chi connectivity index (χ3n) is 3.01. The summed E-state index contributed by atoms with van der Waals surface area (Å²) in [6.45, 7) is 5.12. The number of aliphatic hydroxyl groups is 1. The fourth-order valence-electron chi connectivity index (χ4n) is 2.16. The fourth-order valence-corrected chi connectivity index (χ4v) is 2.61. The van der Waals surface area contributed by atoms with Crippen molar-refractivity contribution in [3.05, 3.63) is 46.5 Å². The number of benzene rings is 1. The van der Waals surface area contributed by atoms with E-state index in [4.69, 9.17) is 0 Å².